The molecule has 0 saturated heterocycles. The SMILES string of the molecule is Cc1ccc(Cl)cc1NS(=O)(=O)c1ccc(NC(=O)/C=C/c2ccc(Cl)cc2Cl)cc1. The monoisotopic (exact) mass is 494 g/mol. The Kier molecular flexibility index (Phi) is 7.28. The maximum Gasteiger partial charge on any atom is 0.261 e. The molecule has 3 rings (SSSR count). The lowest BCUT2D eigenvalue weighted by Gasteiger charge is -2.11. The van der Waals surface area contributed by atoms with Gasteiger partial charge in [0.05, 0.1) is 10.6 Å². The lowest BCUT2D eigenvalue weighted by Crippen LogP contribution is -2.14. The van der Waals surface area contributed by atoms with Gasteiger partial charge in [-0.3, -0.25) is 9.52 Å². The molecule has 0 fully saturated rings. The Morgan fingerprint density at radius 3 is 2.23 bits per heavy atom. The molecule has 0 spiro atoms. The van der Waals surface area contributed by atoms with Gasteiger partial charge in [-0.05, 0) is 72.7 Å². The molecule has 31 heavy (non-hydrogen) atoms. The minimum Gasteiger partial charge on any atom is -0.323 e. The first kappa shape index (κ1) is 23.2. The second-order valence-corrected chi connectivity index (χ2v) is 9.54. The van der Waals surface area contributed by atoms with E-state index in [0.717, 1.165) is 5.56 Å². The van der Waals surface area contributed by atoms with Gasteiger partial charge in [0.15, 0.2) is 0 Å². The summed E-state index contributed by atoms with van der Waals surface area (Å²) in [6, 6.07) is 15.7. The molecule has 0 saturated carbocycles. The molecule has 3 aromatic rings. The molecule has 0 aliphatic heterocycles. The Morgan fingerprint density at radius 1 is 0.903 bits per heavy atom. The maximum atomic E-state index is 12.6. The van der Waals surface area contributed by atoms with Crippen molar-refractivity contribution in [1.29, 1.82) is 0 Å². The molecular formula is C22H17Cl3N2O3S. The Balaban J connectivity index is 1.68. The Bertz CT molecular complexity index is 1260. The highest BCUT2D eigenvalue weighted by atomic mass is 35.5. The van der Waals surface area contributed by atoms with E-state index in [1.807, 2.05) is 0 Å². The molecule has 0 atom stereocenters. The first-order valence-corrected chi connectivity index (χ1v) is 11.6. The number of anilines is 2. The Hall–Kier alpha value is -2.51. The van der Waals surface area contributed by atoms with Crippen LogP contribution in [0.3, 0.4) is 0 Å². The molecule has 0 aromatic heterocycles. The number of benzene rings is 3. The summed E-state index contributed by atoms with van der Waals surface area (Å²) in [5.74, 6) is -0.394. The number of rotatable bonds is 6. The van der Waals surface area contributed by atoms with Gasteiger partial charge in [-0.1, -0.05) is 46.9 Å². The summed E-state index contributed by atoms with van der Waals surface area (Å²) in [6.45, 7) is 1.78. The van der Waals surface area contributed by atoms with Crippen molar-refractivity contribution >= 4 is 68.2 Å². The highest BCUT2D eigenvalue weighted by molar-refractivity contribution is 7.92. The van der Waals surface area contributed by atoms with Gasteiger partial charge in [-0.25, -0.2) is 8.42 Å². The van der Waals surface area contributed by atoms with E-state index in [9.17, 15) is 13.2 Å². The third-order valence-electron chi connectivity index (χ3n) is 4.25. The molecule has 2 N–H and O–H groups in total. The highest BCUT2D eigenvalue weighted by Gasteiger charge is 2.15. The van der Waals surface area contributed by atoms with E-state index in [2.05, 4.69) is 10.0 Å². The number of hydrogen-bond donors (Lipinski definition) is 2. The Morgan fingerprint density at radius 2 is 1.55 bits per heavy atom. The third kappa shape index (κ3) is 6.24. The van der Waals surface area contributed by atoms with Gasteiger partial charge in [-0.15, -0.1) is 0 Å². The quantitative estimate of drug-likeness (QED) is 0.388. The number of aryl methyl sites for hydroxylation is 1. The van der Waals surface area contributed by atoms with Crippen LogP contribution in [0.5, 0.6) is 0 Å². The van der Waals surface area contributed by atoms with E-state index in [1.54, 1.807) is 49.4 Å². The Labute approximate surface area is 195 Å². The zero-order valence-electron chi connectivity index (χ0n) is 16.2. The predicted octanol–water partition coefficient (Wildman–Crippen LogP) is 6.41. The fraction of sp³-hybridized carbons (Fsp3) is 0.0455. The lowest BCUT2D eigenvalue weighted by molar-refractivity contribution is -0.111. The number of hydrogen-bond acceptors (Lipinski definition) is 3. The van der Waals surface area contributed by atoms with Crippen LogP contribution in [0.25, 0.3) is 6.08 Å². The van der Waals surface area contributed by atoms with Crippen LogP contribution in [-0.2, 0) is 14.8 Å². The summed E-state index contributed by atoms with van der Waals surface area (Å²) in [6.07, 6.45) is 2.88. The fourth-order valence-corrected chi connectivity index (χ4v) is 4.38. The van der Waals surface area contributed by atoms with E-state index in [0.29, 0.717) is 32.0 Å². The van der Waals surface area contributed by atoms with Crippen LogP contribution in [0.15, 0.2) is 71.6 Å². The molecule has 0 bridgehead atoms. The largest absolute Gasteiger partial charge is 0.323 e. The van der Waals surface area contributed by atoms with Crippen LogP contribution >= 0.6 is 34.8 Å². The van der Waals surface area contributed by atoms with Crippen molar-refractivity contribution in [3.05, 3.63) is 92.9 Å². The standard InChI is InChI=1S/C22H17Cl3N2O3S/c1-14-2-5-17(24)13-21(14)27-31(29,30)19-9-7-18(8-10-19)26-22(28)11-4-15-3-6-16(23)12-20(15)25/h2-13,27H,1H3,(H,26,28)/b11-4+. The van der Waals surface area contributed by atoms with Crippen molar-refractivity contribution < 1.29 is 13.2 Å². The number of carbonyl (C=O) groups excluding carboxylic acids is 1. The predicted molar refractivity (Wildman–Crippen MR) is 128 cm³/mol. The van der Waals surface area contributed by atoms with Crippen LogP contribution in [0.4, 0.5) is 11.4 Å². The second-order valence-electron chi connectivity index (χ2n) is 6.58. The second kappa shape index (κ2) is 9.75. The van der Waals surface area contributed by atoms with E-state index < -0.39 is 15.9 Å². The van der Waals surface area contributed by atoms with Crippen molar-refractivity contribution in [1.82, 2.24) is 0 Å². The van der Waals surface area contributed by atoms with E-state index >= 15 is 0 Å². The number of halogens is 3. The fourth-order valence-electron chi connectivity index (χ4n) is 2.61. The van der Waals surface area contributed by atoms with Gasteiger partial charge in [0.2, 0.25) is 5.91 Å². The van der Waals surface area contributed by atoms with Crippen LogP contribution in [-0.4, -0.2) is 14.3 Å². The molecule has 1 amide bonds. The van der Waals surface area contributed by atoms with Gasteiger partial charge in [0, 0.05) is 26.8 Å². The van der Waals surface area contributed by atoms with Gasteiger partial charge >= 0.3 is 0 Å². The van der Waals surface area contributed by atoms with Crippen molar-refractivity contribution in [3.63, 3.8) is 0 Å². The van der Waals surface area contributed by atoms with Crippen molar-refractivity contribution in [3.8, 4) is 0 Å². The van der Waals surface area contributed by atoms with E-state index in [4.69, 9.17) is 34.8 Å². The van der Waals surface area contributed by atoms with Crippen molar-refractivity contribution in [2.24, 2.45) is 0 Å². The van der Waals surface area contributed by atoms with Crippen molar-refractivity contribution in [2.45, 2.75) is 11.8 Å². The molecule has 0 aliphatic rings. The molecule has 160 valence electrons. The molecule has 0 radical (unpaired) electrons. The molecular weight excluding hydrogens is 479 g/mol. The first-order valence-electron chi connectivity index (χ1n) is 8.97. The first-order chi connectivity index (χ1) is 14.6. The average molecular weight is 496 g/mol. The van der Waals surface area contributed by atoms with Crippen molar-refractivity contribution in [2.75, 3.05) is 10.0 Å². The molecule has 5 nitrogen and oxygen atoms in total. The normalized spacial score (nSPS) is 11.5. The highest BCUT2D eigenvalue weighted by Crippen LogP contribution is 2.24. The molecule has 9 heteroatoms. The van der Waals surface area contributed by atoms with Crippen LogP contribution in [0.2, 0.25) is 15.1 Å². The zero-order chi connectivity index (χ0) is 22.6. The van der Waals surface area contributed by atoms with Gasteiger partial charge < -0.3 is 5.32 Å². The summed E-state index contributed by atoms with van der Waals surface area (Å²) in [7, 11) is -3.81. The maximum absolute atomic E-state index is 12.6. The molecule has 0 heterocycles. The summed E-state index contributed by atoms with van der Waals surface area (Å²) >= 11 is 17.9. The van der Waals surface area contributed by atoms with Gasteiger partial charge in [0.1, 0.15) is 0 Å². The summed E-state index contributed by atoms with van der Waals surface area (Å²) in [4.78, 5) is 12.2. The molecule has 0 aliphatic carbocycles. The number of sulfonamides is 1. The number of carbonyl (C=O) groups is 1. The molecule has 3 aromatic carbocycles. The van der Waals surface area contributed by atoms with Gasteiger partial charge in [-0.2, -0.15) is 0 Å². The summed E-state index contributed by atoms with van der Waals surface area (Å²) < 4.78 is 27.8. The topological polar surface area (TPSA) is 75.3 Å². The number of amides is 1. The lowest BCUT2D eigenvalue weighted by atomic mass is 10.2. The summed E-state index contributed by atoms with van der Waals surface area (Å²) in [5.41, 5.74) is 2.22. The minimum absolute atomic E-state index is 0.0494. The van der Waals surface area contributed by atoms with Crippen LogP contribution in [0, 0.1) is 6.92 Å². The zero-order valence-corrected chi connectivity index (χ0v) is 19.3. The van der Waals surface area contributed by atoms with E-state index in [1.165, 1.54) is 30.3 Å². The van der Waals surface area contributed by atoms with E-state index in [-0.39, 0.29) is 4.90 Å². The van der Waals surface area contributed by atoms with Crippen LogP contribution < -0.4 is 10.0 Å². The minimum atomic E-state index is -3.81. The number of nitrogens with one attached hydrogen (secondary N) is 2. The average Bonchev–Trinajstić information content (AvgIpc) is 2.70. The molecule has 0 unspecified atom stereocenters. The van der Waals surface area contributed by atoms with Crippen LogP contribution in [0.1, 0.15) is 11.1 Å². The summed E-state index contributed by atoms with van der Waals surface area (Å²) in [5, 5.41) is 4.01. The smallest absolute Gasteiger partial charge is 0.261 e. The van der Waals surface area contributed by atoms with Gasteiger partial charge in [0.25, 0.3) is 10.0 Å². The third-order valence-corrected chi connectivity index (χ3v) is 6.43.